The highest BCUT2D eigenvalue weighted by molar-refractivity contribution is 6.04. The van der Waals surface area contributed by atoms with E-state index in [0.717, 1.165) is 16.5 Å². The van der Waals surface area contributed by atoms with Crippen LogP contribution in [-0.4, -0.2) is 38.2 Å². The zero-order chi connectivity index (χ0) is 20.5. The zero-order valence-corrected chi connectivity index (χ0v) is 16.2. The third kappa shape index (κ3) is 5.72. The van der Waals surface area contributed by atoms with Gasteiger partial charge in [0.05, 0.1) is 18.7 Å². The lowest BCUT2D eigenvalue weighted by molar-refractivity contribution is -0.124. The van der Waals surface area contributed by atoms with Crippen LogP contribution in [0.5, 0.6) is 11.5 Å². The Morgan fingerprint density at radius 2 is 1.55 bits per heavy atom. The Kier molecular flexibility index (Phi) is 7.05. The molecule has 0 heterocycles. The number of carbonyl (C=O) groups excluding carboxylic acids is 2. The van der Waals surface area contributed by atoms with Gasteiger partial charge >= 0.3 is 5.97 Å². The molecule has 0 aromatic heterocycles. The van der Waals surface area contributed by atoms with Gasteiger partial charge < -0.3 is 19.5 Å². The van der Waals surface area contributed by atoms with Crippen LogP contribution in [-0.2, 0) is 9.53 Å². The maximum atomic E-state index is 12.3. The number of carbonyl (C=O) groups is 2. The molecule has 3 rings (SSSR count). The van der Waals surface area contributed by atoms with E-state index in [9.17, 15) is 9.59 Å². The van der Waals surface area contributed by atoms with Crippen LogP contribution in [0.15, 0.2) is 66.7 Å². The second kappa shape index (κ2) is 10.1. The Morgan fingerprint density at radius 1 is 0.862 bits per heavy atom. The minimum absolute atomic E-state index is 0.303. The molecule has 150 valence electrons. The average Bonchev–Trinajstić information content (AvgIpc) is 2.76. The summed E-state index contributed by atoms with van der Waals surface area (Å²) in [4.78, 5) is 24.2. The second-order valence-corrected chi connectivity index (χ2v) is 6.21. The van der Waals surface area contributed by atoms with Gasteiger partial charge in [0.15, 0.2) is 6.61 Å². The van der Waals surface area contributed by atoms with E-state index in [2.05, 4.69) is 5.32 Å². The minimum Gasteiger partial charge on any atom is -0.494 e. The number of ether oxygens (including phenoxy) is 3. The molecular formula is C23H23NO5. The van der Waals surface area contributed by atoms with Crippen LogP contribution in [0.1, 0.15) is 17.3 Å². The molecule has 0 unspecified atom stereocenters. The smallest absolute Gasteiger partial charge is 0.339 e. The van der Waals surface area contributed by atoms with E-state index in [1.54, 1.807) is 24.3 Å². The van der Waals surface area contributed by atoms with E-state index in [1.807, 2.05) is 49.4 Å². The van der Waals surface area contributed by atoms with Crippen LogP contribution in [0.4, 0.5) is 0 Å². The molecule has 0 saturated carbocycles. The Bertz CT molecular complexity index is 963. The third-order valence-corrected chi connectivity index (χ3v) is 4.17. The largest absolute Gasteiger partial charge is 0.494 e. The summed E-state index contributed by atoms with van der Waals surface area (Å²) in [6.07, 6.45) is 0. The van der Waals surface area contributed by atoms with Crippen LogP contribution < -0.4 is 14.8 Å². The molecule has 0 aliphatic heterocycles. The van der Waals surface area contributed by atoms with Crippen LogP contribution in [0.3, 0.4) is 0 Å². The third-order valence-electron chi connectivity index (χ3n) is 4.17. The van der Waals surface area contributed by atoms with E-state index in [-0.39, 0.29) is 12.5 Å². The molecule has 3 aromatic carbocycles. The molecule has 29 heavy (non-hydrogen) atoms. The fraction of sp³-hybridized carbons (Fsp3) is 0.217. The topological polar surface area (TPSA) is 73.9 Å². The Balaban J connectivity index is 1.40. The molecule has 0 saturated heterocycles. The first-order valence-electron chi connectivity index (χ1n) is 9.44. The lowest BCUT2D eigenvalue weighted by Crippen LogP contribution is -2.32. The Labute approximate surface area is 169 Å². The van der Waals surface area contributed by atoms with E-state index in [1.165, 1.54) is 0 Å². The predicted molar refractivity (Wildman–Crippen MR) is 110 cm³/mol. The first-order chi connectivity index (χ1) is 14.2. The second-order valence-electron chi connectivity index (χ2n) is 6.21. The van der Waals surface area contributed by atoms with Gasteiger partial charge in [-0.15, -0.1) is 0 Å². The summed E-state index contributed by atoms with van der Waals surface area (Å²) in [6, 6.07) is 20.2. The molecule has 0 aliphatic rings. The lowest BCUT2D eigenvalue weighted by atomic mass is 10.1. The van der Waals surface area contributed by atoms with Crippen molar-refractivity contribution in [1.82, 2.24) is 5.32 Å². The van der Waals surface area contributed by atoms with Crippen LogP contribution in [0, 0.1) is 0 Å². The molecule has 0 aliphatic carbocycles. The summed E-state index contributed by atoms with van der Waals surface area (Å²) >= 11 is 0. The van der Waals surface area contributed by atoms with Crippen molar-refractivity contribution in [3.8, 4) is 11.5 Å². The molecule has 0 radical (unpaired) electrons. The molecule has 1 N–H and O–H groups in total. The molecule has 0 spiro atoms. The van der Waals surface area contributed by atoms with Gasteiger partial charge in [-0.2, -0.15) is 0 Å². The summed E-state index contributed by atoms with van der Waals surface area (Å²) < 4.78 is 16.1. The summed E-state index contributed by atoms with van der Waals surface area (Å²) in [7, 11) is 0. The van der Waals surface area contributed by atoms with Gasteiger partial charge in [-0.1, -0.05) is 36.4 Å². The van der Waals surface area contributed by atoms with E-state index in [4.69, 9.17) is 14.2 Å². The number of esters is 1. The number of hydrogen-bond donors (Lipinski definition) is 1. The zero-order valence-electron chi connectivity index (χ0n) is 16.2. The highest BCUT2D eigenvalue weighted by Gasteiger charge is 2.13. The van der Waals surface area contributed by atoms with Crippen LogP contribution >= 0.6 is 0 Å². The fourth-order valence-electron chi connectivity index (χ4n) is 2.82. The molecular weight excluding hydrogens is 370 g/mol. The van der Waals surface area contributed by atoms with Crippen molar-refractivity contribution in [3.63, 3.8) is 0 Å². The van der Waals surface area contributed by atoms with Gasteiger partial charge in [0.25, 0.3) is 5.91 Å². The molecule has 6 nitrogen and oxygen atoms in total. The SMILES string of the molecule is CCOc1ccc(OCCNC(=O)COC(=O)c2cccc3ccccc23)cc1. The maximum absolute atomic E-state index is 12.3. The molecule has 0 fully saturated rings. The van der Waals surface area contributed by atoms with Crippen LogP contribution in [0.2, 0.25) is 0 Å². The quantitative estimate of drug-likeness (QED) is 0.444. The van der Waals surface area contributed by atoms with E-state index in [0.29, 0.717) is 31.1 Å². The normalized spacial score (nSPS) is 10.4. The van der Waals surface area contributed by atoms with Crippen molar-refractivity contribution in [2.75, 3.05) is 26.4 Å². The summed E-state index contributed by atoms with van der Waals surface area (Å²) in [6.45, 7) is 2.80. The van der Waals surface area contributed by atoms with Crippen molar-refractivity contribution in [2.24, 2.45) is 0 Å². The van der Waals surface area contributed by atoms with Gasteiger partial charge in [-0.25, -0.2) is 4.79 Å². The predicted octanol–water partition coefficient (Wildman–Crippen LogP) is 3.59. The standard InChI is InChI=1S/C23H23NO5/c1-2-27-18-10-12-19(13-11-18)28-15-14-24-22(25)16-29-23(26)21-9-5-7-17-6-3-4-8-20(17)21/h3-13H,2,14-16H2,1H3,(H,24,25). The number of nitrogens with one attached hydrogen (secondary N) is 1. The number of fused-ring (bicyclic) bond motifs is 1. The molecule has 0 bridgehead atoms. The fourth-order valence-corrected chi connectivity index (χ4v) is 2.82. The summed E-state index contributed by atoms with van der Waals surface area (Å²) in [5.41, 5.74) is 0.440. The molecule has 3 aromatic rings. The number of rotatable bonds is 9. The highest BCUT2D eigenvalue weighted by Crippen LogP contribution is 2.19. The summed E-state index contributed by atoms with van der Waals surface area (Å²) in [5, 5.41) is 4.40. The van der Waals surface area contributed by atoms with Gasteiger partial charge in [0.1, 0.15) is 18.1 Å². The first-order valence-corrected chi connectivity index (χ1v) is 9.44. The number of benzene rings is 3. The lowest BCUT2D eigenvalue weighted by Gasteiger charge is -2.10. The minimum atomic E-state index is -0.525. The van der Waals surface area contributed by atoms with Gasteiger partial charge in [0, 0.05) is 0 Å². The first kappa shape index (κ1) is 20.2. The van der Waals surface area contributed by atoms with Crippen LogP contribution in [0.25, 0.3) is 10.8 Å². The number of amides is 1. The molecule has 6 heteroatoms. The van der Waals surface area contributed by atoms with Crippen molar-refractivity contribution < 1.29 is 23.8 Å². The van der Waals surface area contributed by atoms with Gasteiger partial charge in [-0.3, -0.25) is 4.79 Å². The average molecular weight is 393 g/mol. The van der Waals surface area contributed by atoms with Crippen molar-refractivity contribution in [2.45, 2.75) is 6.92 Å². The maximum Gasteiger partial charge on any atom is 0.339 e. The number of hydrogen-bond acceptors (Lipinski definition) is 5. The molecule has 0 atom stereocenters. The van der Waals surface area contributed by atoms with Gasteiger partial charge in [-0.05, 0) is 48.0 Å². The van der Waals surface area contributed by atoms with E-state index >= 15 is 0 Å². The Hall–Kier alpha value is -3.54. The molecule has 1 amide bonds. The van der Waals surface area contributed by atoms with E-state index < -0.39 is 5.97 Å². The van der Waals surface area contributed by atoms with Crippen molar-refractivity contribution in [1.29, 1.82) is 0 Å². The monoisotopic (exact) mass is 393 g/mol. The highest BCUT2D eigenvalue weighted by atomic mass is 16.5. The Morgan fingerprint density at radius 3 is 2.31 bits per heavy atom. The van der Waals surface area contributed by atoms with Gasteiger partial charge in [0.2, 0.25) is 0 Å². The summed E-state index contributed by atoms with van der Waals surface area (Å²) in [5.74, 6) is 0.558. The van der Waals surface area contributed by atoms with Crippen molar-refractivity contribution >= 4 is 22.6 Å². The van der Waals surface area contributed by atoms with Crippen molar-refractivity contribution in [3.05, 3.63) is 72.3 Å².